The summed E-state index contributed by atoms with van der Waals surface area (Å²) in [6.07, 6.45) is 3.94. The van der Waals surface area contributed by atoms with E-state index in [1.54, 1.807) is 13.2 Å². The van der Waals surface area contributed by atoms with Gasteiger partial charge in [0.2, 0.25) is 0 Å². The lowest BCUT2D eigenvalue weighted by atomic mass is 10.1. The number of nitrogens with one attached hydrogen (secondary N) is 2. The SMILES string of the molecule is COc1ccccc1CCC(=O)OCC(=O)Nc1cccc(S(=O)(=O)NC2=NCCCCC2)c1. The van der Waals surface area contributed by atoms with Crippen molar-refractivity contribution in [2.75, 3.05) is 25.6 Å². The first-order valence-electron chi connectivity index (χ1n) is 11.1. The Balaban J connectivity index is 1.50. The first kappa shape index (κ1) is 25.2. The quantitative estimate of drug-likeness (QED) is 0.524. The van der Waals surface area contributed by atoms with Crippen LogP contribution in [-0.4, -0.2) is 46.4 Å². The molecule has 0 spiro atoms. The molecule has 2 N–H and O–H groups in total. The first-order valence-corrected chi connectivity index (χ1v) is 12.6. The van der Waals surface area contributed by atoms with E-state index in [2.05, 4.69) is 15.0 Å². The highest BCUT2D eigenvalue weighted by molar-refractivity contribution is 7.90. The predicted octanol–water partition coefficient (Wildman–Crippen LogP) is 3.06. The Hall–Kier alpha value is -3.40. The second-order valence-electron chi connectivity index (χ2n) is 7.79. The highest BCUT2D eigenvalue weighted by Gasteiger charge is 2.18. The van der Waals surface area contributed by atoms with Crippen molar-refractivity contribution in [2.45, 2.75) is 43.4 Å². The fourth-order valence-corrected chi connectivity index (χ4v) is 4.61. The smallest absolute Gasteiger partial charge is 0.306 e. The third-order valence-electron chi connectivity index (χ3n) is 5.21. The molecular formula is C24H29N3O6S. The maximum absolute atomic E-state index is 12.7. The molecule has 1 aliphatic heterocycles. The molecule has 0 aromatic heterocycles. The van der Waals surface area contributed by atoms with E-state index in [1.807, 2.05) is 24.3 Å². The number of hydrogen-bond acceptors (Lipinski definition) is 7. The number of nitrogens with zero attached hydrogens (tertiary/aromatic N) is 1. The number of esters is 1. The van der Waals surface area contributed by atoms with Gasteiger partial charge in [-0.25, -0.2) is 8.42 Å². The zero-order valence-corrected chi connectivity index (χ0v) is 19.9. The number of rotatable bonds is 9. The molecule has 10 heteroatoms. The summed E-state index contributed by atoms with van der Waals surface area (Å²) >= 11 is 0. The zero-order chi connectivity index (χ0) is 24.4. The Morgan fingerprint density at radius 2 is 1.88 bits per heavy atom. The third kappa shape index (κ3) is 7.58. The average Bonchev–Trinajstić information content (AvgIpc) is 3.10. The van der Waals surface area contributed by atoms with Crippen molar-refractivity contribution in [3.8, 4) is 5.75 Å². The van der Waals surface area contributed by atoms with Gasteiger partial charge in [0.15, 0.2) is 6.61 Å². The van der Waals surface area contributed by atoms with Crippen molar-refractivity contribution in [3.63, 3.8) is 0 Å². The van der Waals surface area contributed by atoms with Gasteiger partial charge in [0.05, 0.1) is 12.0 Å². The molecule has 34 heavy (non-hydrogen) atoms. The van der Waals surface area contributed by atoms with E-state index in [-0.39, 0.29) is 17.0 Å². The standard InChI is InChI=1S/C24H29N3O6S/c1-32-21-11-5-4-8-18(21)13-14-24(29)33-17-23(28)26-19-9-7-10-20(16-19)34(30,31)27-22-12-3-2-6-15-25-22/h4-5,7-11,16H,2-3,6,12-15,17H2,1H3,(H,25,27)(H,26,28). The summed E-state index contributed by atoms with van der Waals surface area (Å²) in [4.78, 5) is 28.5. The summed E-state index contributed by atoms with van der Waals surface area (Å²) in [7, 11) is -2.27. The predicted molar refractivity (Wildman–Crippen MR) is 128 cm³/mol. The normalized spacial score (nSPS) is 13.9. The van der Waals surface area contributed by atoms with E-state index in [9.17, 15) is 18.0 Å². The molecule has 0 bridgehead atoms. The van der Waals surface area contributed by atoms with Crippen LogP contribution in [0.1, 0.15) is 37.7 Å². The molecule has 1 aliphatic rings. The van der Waals surface area contributed by atoms with Gasteiger partial charge < -0.3 is 14.8 Å². The molecule has 0 saturated heterocycles. The van der Waals surface area contributed by atoms with E-state index in [4.69, 9.17) is 9.47 Å². The lowest BCUT2D eigenvalue weighted by molar-refractivity contribution is -0.147. The number of hydrogen-bond donors (Lipinski definition) is 2. The van der Waals surface area contributed by atoms with Crippen molar-refractivity contribution in [2.24, 2.45) is 4.99 Å². The minimum absolute atomic E-state index is 0.00560. The van der Waals surface area contributed by atoms with Gasteiger partial charge in [-0.3, -0.25) is 19.3 Å². The van der Waals surface area contributed by atoms with Crippen LogP contribution in [0.15, 0.2) is 58.4 Å². The second kappa shape index (κ2) is 12.2. The minimum Gasteiger partial charge on any atom is -0.496 e. The fraction of sp³-hybridized carbons (Fsp3) is 0.375. The summed E-state index contributed by atoms with van der Waals surface area (Å²) in [5.41, 5.74) is 1.15. The number of methoxy groups -OCH3 is 1. The Morgan fingerprint density at radius 1 is 1.06 bits per heavy atom. The second-order valence-corrected chi connectivity index (χ2v) is 9.48. The number of aryl methyl sites for hydroxylation is 1. The molecule has 1 heterocycles. The molecule has 0 atom stereocenters. The van der Waals surface area contributed by atoms with Crippen LogP contribution in [0.3, 0.4) is 0 Å². The Kier molecular flexibility index (Phi) is 9.03. The van der Waals surface area contributed by atoms with E-state index in [1.165, 1.54) is 18.2 Å². The number of sulfonamides is 1. The minimum atomic E-state index is -3.83. The lowest BCUT2D eigenvalue weighted by Crippen LogP contribution is -2.30. The van der Waals surface area contributed by atoms with Crippen LogP contribution in [0.25, 0.3) is 0 Å². The van der Waals surface area contributed by atoms with Gasteiger partial charge in [-0.1, -0.05) is 30.7 Å². The molecule has 182 valence electrons. The van der Waals surface area contributed by atoms with Gasteiger partial charge in [0.1, 0.15) is 11.6 Å². The number of aliphatic imine (C=N–C) groups is 1. The van der Waals surface area contributed by atoms with Crippen LogP contribution in [0, 0.1) is 0 Å². The molecular weight excluding hydrogens is 458 g/mol. The zero-order valence-electron chi connectivity index (χ0n) is 19.1. The number of carbonyl (C=O) groups is 2. The molecule has 1 amide bonds. The highest BCUT2D eigenvalue weighted by Crippen LogP contribution is 2.19. The van der Waals surface area contributed by atoms with E-state index in [0.29, 0.717) is 31.0 Å². The number of anilines is 1. The van der Waals surface area contributed by atoms with Crippen LogP contribution < -0.4 is 14.8 Å². The number of benzene rings is 2. The van der Waals surface area contributed by atoms with Crippen molar-refractivity contribution < 1.29 is 27.5 Å². The average molecular weight is 488 g/mol. The topological polar surface area (TPSA) is 123 Å². The lowest BCUT2D eigenvalue weighted by Gasteiger charge is -2.11. The van der Waals surface area contributed by atoms with Crippen LogP contribution >= 0.6 is 0 Å². The molecule has 0 saturated carbocycles. The number of amides is 1. The summed E-state index contributed by atoms with van der Waals surface area (Å²) in [6, 6.07) is 13.2. The molecule has 3 rings (SSSR count). The molecule has 0 fully saturated rings. The van der Waals surface area contributed by atoms with Crippen LogP contribution in [0.5, 0.6) is 5.75 Å². The van der Waals surface area contributed by atoms with Gasteiger partial charge in [-0.2, -0.15) is 0 Å². The largest absolute Gasteiger partial charge is 0.496 e. The van der Waals surface area contributed by atoms with E-state index < -0.39 is 28.5 Å². The van der Waals surface area contributed by atoms with Gasteiger partial charge in [-0.05, 0) is 49.1 Å². The molecule has 0 radical (unpaired) electrons. The van der Waals surface area contributed by atoms with Crippen molar-refractivity contribution in [1.82, 2.24) is 4.72 Å². The number of para-hydroxylation sites is 1. The molecule has 9 nitrogen and oxygen atoms in total. The number of amidine groups is 1. The Morgan fingerprint density at radius 3 is 2.71 bits per heavy atom. The first-order chi connectivity index (χ1) is 16.4. The Labute approximate surface area is 199 Å². The summed E-state index contributed by atoms with van der Waals surface area (Å²) < 4.78 is 38.3. The third-order valence-corrected chi connectivity index (χ3v) is 6.59. The molecule has 0 aliphatic carbocycles. The van der Waals surface area contributed by atoms with E-state index >= 15 is 0 Å². The molecule has 2 aromatic carbocycles. The van der Waals surface area contributed by atoms with Crippen LogP contribution in [0.2, 0.25) is 0 Å². The Bertz CT molecular complexity index is 1150. The van der Waals surface area contributed by atoms with Crippen LogP contribution in [-0.2, 0) is 30.8 Å². The van der Waals surface area contributed by atoms with Crippen molar-refractivity contribution in [1.29, 1.82) is 0 Å². The van der Waals surface area contributed by atoms with Crippen LogP contribution in [0.4, 0.5) is 5.69 Å². The summed E-state index contributed by atoms with van der Waals surface area (Å²) in [6.45, 7) is 0.127. The van der Waals surface area contributed by atoms with Crippen molar-refractivity contribution >= 4 is 33.4 Å². The fourth-order valence-electron chi connectivity index (χ4n) is 3.47. The summed E-state index contributed by atoms with van der Waals surface area (Å²) in [5.74, 6) is 0.0440. The van der Waals surface area contributed by atoms with Gasteiger partial charge in [0, 0.05) is 25.1 Å². The maximum Gasteiger partial charge on any atom is 0.306 e. The van der Waals surface area contributed by atoms with Gasteiger partial charge >= 0.3 is 5.97 Å². The highest BCUT2D eigenvalue weighted by atomic mass is 32.2. The maximum atomic E-state index is 12.7. The molecule has 2 aromatic rings. The number of ether oxygens (including phenoxy) is 2. The van der Waals surface area contributed by atoms with Gasteiger partial charge in [-0.15, -0.1) is 0 Å². The van der Waals surface area contributed by atoms with Gasteiger partial charge in [0.25, 0.3) is 15.9 Å². The summed E-state index contributed by atoms with van der Waals surface area (Å²) in [5, 5.41) is 2.56. The molecule has 0 unspecified atom stereocenters. The van der Waals surface area contributed by atoms with Crippen molar-refractivity contribution in [3.05, 3.63) is 54.1 Å². The monoisotopic (exact) mass is 487 g/mol. The van der Waals surface area contributed by atoms with E-state index in [0.717, 1.165) is 24.8 Å². The number of carbonyl (C=O) groups excluding carboxylic acids is 2.